The van der Waals surface area contributed by atoms with Crippen LogP contribution < -0.4 is 0 Å². The maximum atomic E-state index is 9.86. The molecule has 1 unspecified atom stereocenters. The van der Waals surface area contributed by atoms with Gasteiger partial charge in [0.15, 0.2) is 0 Å². The minimum Gasteiger partial charge on any atom is -0.392 e. The monoisotopic (exact) mass is 242 g/mol. The van der Waals surface area contributed by atoms with Crippen LogP contribution in [0.1, 0.15) is 19.3 Å². The van der Waals surface area contributed by atoms with Gasteiger partial charge in [-0.15, -0.1) is 11.8 Å². The zero-order chi connectivity index (χ0) is 10.7. The normalized spacial score (nSPS) is 18.5. The SMILES string of the molecule is OC(CSc1ccccc1Cl)C1CCC1. The van der Waals surface area contributed by atoms with Crippen molar-refractivity contribution in [3.05, 3.63) is 29.3 Å². The van der Waals surface area contributed by atoms with Gasteiger partial charge in [0.25, 0.3) is 0 Å². The van der Waals surface area contributed by atoms with Crippen LogP contribution in [-0.4, -0.2) is 17.0 Å². The largest absolute Gasteiger partial charge is 0.392 e. The molecule has 1 aromatic rings. The van der Waals surface area contributed by atoms with Gasteiger partial charge >= 0.3 is 0 Å². The van der Waals surface area contributed by atoms with Gasteiger partial charge in [0.1, 0.15) is 0 Å². The maximum Gasteiger partial charge on any atom is 0.0662 e. The third kappa shape index (κ3) is 2.90. The fraction of sp³-hybridized carbons (Fsp3) is 0.500. The Morgan fingerprint density at radius 1 is 1.40 bits per heavy atom. The van der Waals surface area contributed by atoms with Crippen molar-refractivity contribution in [3.8, 4) is 0 Å². The standard InChI is InChI=1S/C12H15ClOS/c13-10-6-1-2-7-12(10)15-8-11(14)9-4-3-5-9/h1-2,6-7,9,11,14H,3-5,8H2. The van der Waals surface area contributed by atoms with Crippen LogP contribution in [0.25, 0.3) is 0 Å². The molecular formula is C12H15ClOS. The van der Waals surface area contributed by atoms with Crippen molar-refractivity contribution in [2.24, 2.45) is 5.92 Å². The average molecular weight is 243 g/mol. The molecule has 0 aromatic heterocycles. The van der Waals surface area contributed by atoms with Gasteiger partial charge in [0.05, 0.1) is 11.1 Å². The van der Waals surface area contributed by atoms with E-state index >= 15 is 0 Å². The summed E-state index contributed by atoms with van der Waals surface area (Å²) >= 11 is 7.68. The van der Waals surface area contributed by atoms with E-state index in [0.717, 1.165) is 15.7 Å². The Morgan fingerprint density at radius 2 is 2.13 bits per heavy atom. The van der Waals surface area contributed by atoms with Crippen LogP contribution in [0.3, 0.4) is 0 Å². The molecule has 0 radical (unpaired) electrons. The van der Waals surface area contributed by atoms with Gasteiger partial charge in [-0.05, 0) is 30.9 Å². The molecule has 3 heteroatoms. The van der Waals surface area contributed by atoms with Crippen molar-refractivity contribution in [1.29, 1.82) is 0 Å². The molecule has 1 nitrogen and oxygen atoms in total. The van der Waals surface area contributed by atoms with E-state index < -0.39 is 0 Å². The Hall–Kier alpha value is -0.180. The molecule has 1 aromatic carbocycles. The molecule has 1 N–H and O–H groups in total. The summed E-state index contributed by atoms with van der Waals surface area (Å²) in [5, 5.41) is 10.6. The van der Waals surface area contributed by atoms with Crippen LogP contribution in [-0.2, 0) is 0 Å². The molecule has 1 fully saturated rings. The van der Waals surface area contributed by atoms with E-state index in [-0.39, 0.29) is 6.10 Å². The first-order chi connectivity index (χ1) is 7.27. The Kier molecular flexibility index (Phi) is 3.95. The van der Waals surface area contributed by atoms with E-state index in [1.807, 2.05) is 24.3 Å². The molecule has 82 valence electrons. The van der Waals surface area contributed by atoms with Crippen molar-refractivity contribution in [3.63, 3.8) is 0 Å². The number of hydrogen-bond acceptors (Lipinski definition) is 2. The Bertz CT molecular complexity index is 325. The van der Waals surface area contributed by atoms with Crippen LogP contribution in [0.4, 0.5) is 0 Å². The zero-order valence-corrected chi connectivity index (χ0v) is 10.1. The van der Waals surface area contributed by atoms with Crippen molar-refractivity contribution in [2.75, 3.05) is 5.75 Å². The first-order valence-corrected chi connectivity index (χ1v) is 6.69. The molecule has 0 amide bonds. The fourth-order valence-electron chi connectivity index (χ4n) is 1.70. The second-order valence-corrected chi connectivity index (χ2v) is 5.47. The second kappa shape index (κ2) is 5.24. The number of aliphatic hydroxyl groups is 1. The third-order valence-corrected chi connectivity index (χ3v) is 4.56. The van der Waals surface area contributed by atoms with E-state index in [1.54, 1.807) is 11.8 Å². The predicted molar refractivity (Wildman–Crippen MR) is 65.5 cm³/mol. The number of benzene rings is 1. The number of rotatable bonds is 4. The summed E-state index contributed by atoms with van der Waals surface area (Å²) in [6, 6.07) is 7.79. The van der Waals surface area contributed by atoms with Crippen LogP contribution in [0.5, 0.6) is 0 Å². The molecule has 1 aliphatic carbocycles. The van der Waals surface area contributed by atoms with E-state index in [4.69, 9.17) is 11.6 Å². The number of hydrogen-bond donors (Lipinski definition) is 1. The third-order valence-electron chi connectivity index (χ3n) is 2.94. The van der Waals surface area contributed by atoms with Crippen molar-refractivity contribution in [2.45, 2.75) is 30.3 Å². The molecule has 1 aliphatic rings. The quantitative estimate of drug-likeness (QED) is 0.815. The summed E-state index contributed by atoms with van der Waals surface area (Å²) in [5.74, 6) is 1.29. The molecule has 15 heavy (non-hydrogen) atoms. The van der Waals surface area contributed by atoms with Crippen LogP contribution in [0.2, 0.25) is 5.02 Å². The summed E-state index contributed by atoms with van der Waals surface area (Å²) in [6.07, 6.45) is 3.48. The van der Waals surface area contributed by atoms with E-state index in [0.29, 0.717) is 5.92 Å². The van der Waals surface area contributed by atoms with E-state index in [1.165, 1.54) is 19.3 Å². The molecule has 1 saturated carbocycles. The van der Waals surface area contributed by atoms with Crippen molar-refractivity contribution in [1.82, 2.24) is 0 Å². The number of thioether (sulfide) groups is 1. The lowest BCUT2D eigenvalue weighted by molar-refractivity contribution is 0.0817. The van der Waals surface area contributed by atoms with Gasteiger partial charge in [-0.2, -0.15) is 0 Å². The predicted octanol–water partition coefficient (Wildman–Crippen LogP) is 3.59. The van der Waals surface area contributed by atoms with Gasteiger partial charge in [-0.3, -0.25) is 0 Å². The summed E-state index contributed by atoms with van der Waals surface area (Å²) in [7, 11) is 0. The molecule has 0 saturated heterocycles. The van der Waals surface area contributed by atoms with Gasteiger partial charge in [0, 0.05) is 10.6 Å². The van der Waals surface area contributed by atoms with Gasteiger partial charge in [0.2, 0.25) is 0 Å². The molecule has 0 heterocycles. The smallest absolute Gasteiger partial charge is 0.0662 e. The molecule has 0 aliphatic heterocycles. The Labute approximate surface area is 99.8 Å². The number of halogens is 1. The summed E-state index contributed by atoms with van der Waals surface area (Å²) in [6.45, 7) is 0. The minimum atomic E-state index is -0.167. The van der Waals surface area contributed by atoms with E-state index in [9.17, 15) is 5.11 Å². The molecular weight excluding hydrogens is 228 g/mol. The van der Waals surface area contributed by atoms with Crippen LogP contribution in [0, 0.1) is 5.92 Å². The second-order valence-electron chi connectivity index (χ2n) is 4.00. The molecule has 2 rings (SSSR count). The molecule has 0 spiro atoms. The first-order valence-electron chi connectivity index (χ1n) is 5.33. The highest BCUT2D eigenvalue weighted by Crippen LogP contribution is 2.33. The fourth-order valence-corrected chi connectivity index (χ4v) is 3.00. The lowest BCUT2D eigenvalue weighted by atomic mass is 9.82. The van der Waals surface area contributed by atoms with Crippen LogP contribution >= 0.6 is 23.4 Å². The van der Waals surface area contributed by atoms with Crippen LogP contribution in [0.15, 0.2) is 29.2 Å². The molecule has 1 atom stereocenters. The minimum absolute atomic E-state index is 0.167. The lowest BCUT2D eigenvalue weighted by Crippen LogP contribution is -2.28. The number of aliphatic hydroxyl groups excluding tert-OH is 1. The Balaban J connectivity index is 1.84. The van der Waals surface area contributed by atoms with Gasteiger partial charge in [-0.1, -0.05) is 30.2 Å². The van der Waals surface area contributed by atoms with E-state index in [2.05, 4.69) is 0 Å². The highest BCUT2D eigenvalue weighted by Gasteiger charge is 2.25. The summed E-state index contributed by atoms with van der Waals surface area (Å²) < 4.78 is 0. The Morgan fingerprint density at radius 3 is 2.73 bits per heavy atom. The molecule has 0 bridgehead atoms. The van der Waals surface area contributed by atoms with Gasteiger partial charge < -0.3 is 5.11 Å². The van der Waals surface area contributed by atoms with Crippen molar-refractivity contribution < 1.29 is 5.11 Å². The highest BCUT2D eigenvalue weighted by molar-refractivity contribution is 7.99. The van der Waals surface area contributed by atoms with Gasteiger partial charge in [-0.25, -0.2) is 0 Å². The topological polar surface area (TPSA) is 20.2 Å². The van der Waals surface area contributed by atoms with Crippen molar-refractivity contribution >= 4 is 23.4 Å². The summed E-state index contributed by atoms with van der Waals surface area (Å²) in [5.41, 5.74) is 0. The zero-order valence-electron chi connectivity index (χ0n) is 8.53. The average Bonchev–Trinajstić information content (AvgIpc) is 2.14. The maximum absolute atomic E-state index is 9.86. The summed E-state index contributed by atoms with van der Waals surface area (Å²) in [4.78, 5) is 1.07. The first kappa shape index (κ1) is 11.3. The lowest BCUT2D eigenvalue weighted by Gasteiger charge is -2.30. The highest BCUT2D eigenvalue weighted by atomic mass is 35.5.